The number of hydrogen-bond donors (Lipinski definition) is 1. The molecule has 0 unspecified atom stereocenters. The predicted molar refractivity (Wildman–Crippen MR) is 68.8 cm³/mol. The Labute approximate surface area is 101 Å². The van der Waals surface area contributed by atoms with E-state index in [1.165, 1.54) is 38.5 Å². The van der Waals surface area contributed by atoms with E-state index in [2.05, 4.69) is 18.9 Å². The first kappa shape index (κ1) is 15.9. The van der Waals surface area contributed by atoms with Crippen molar-refractivity contribution in [3.63, 3.8) is 0 Å². The molecule has 0 aromatic rings. The van der Waals surface area contributed by atoms with E-state index in [-0.39, 0.29) is 6.61 Å². The van der Waals surface area contributed by atoms with Crippen molar-refractivity contribution in [2.75, 3.05) is 40.0 Å². The molecular weight excluding hydrogens is 202 g/mol. The summed E-state index contributed by atoms with van der Waals surface area (Å²) < 4.78 is 5.22. The minimum Gasteiger partial charge on any atom is -0.394 e. The van der Waals surface area contributed by atoms with Crippen LogP contribution in [0.25, 0.3) is 0 Å². The van der Waals surface area contributed by atoms with E-state index in [0.717, 1.165) is 19.7 Å². The lowest BCUT2D eigenvalue weighted by molar-refractivity contribution is 0.0781. The molecule has 0 rings (SSSR count). The van der Waals surface area contributed by atoms with Crippen LogP contribution in [0.4, 0.5) is 0 Å². The van der Waals surface area contributed by atoms with Gasteiger partial charge in [-0.3, -0.25) is 0 Å². The first-order valence-corrected chi connectivity index (χ1v) is 6.68. The summed E-state index contributed by atoms with van der Waals surface area (Å²) in [7, 11) is 2.13. The third kappa shape index (κ3) is 12.0. The summed E-state index contributed by atoms with van der Waals surface area (Å²) in [5.41, 5.74) is 0. The molecule has 0 spiro atoms. The monoisotopic (exact) mass is 231 g/mol. The van der Waals surface area contributed by atoms with Gasteiger partial charge in [0, 0.05) is 6.54 Å². The van der Waals surface area contributed by atoms with Crippen molar-refractivity contribution in [2.45, 2.75) is 45.4 Å². The Morgan fingerprint density at radius 2 is 1.62 bits per heavy atom. The van der Waals surface area contributed by atoms with Gasteiger partial charge in [0.25, 0.3) is 0 Å². The summed E-state index contributed by atoms with van der Waals surface area (Å²) in [5.74, 6) is 0. The summed E-state index contributed by atoms with van der Waals surface area (Å²) in [6, 6.07) is 0. The molecule has 0 radical (unpaired) electrons. The van der Waals surface area contributed by atoms with E-state index in [0.29, 0.717) is 6.61 Å². The molecule has 0 amide bonds. The molecule has 0 aromatic heterocycles. The molecular formula is C13H29NO2. The van der Waals surface area contributed by atoms with Crippen LogP contribution in [-0.4, -0.2) is 50.0 Å². The molecule has 0 fully saturated rings. The maximum Gasteiger partial charge on any atom is 0.0698 e. The molecule has 0 aliphatic heterocycles. The second kappa shape index (κ2) is 12.9. The van der Waals surface area contributed by atoms with Gasteiger partial charge in [0.1, 0.15) is 0 Å². The first-order valence-electron chi connectivity index (χ1n) is 6.68. The third-order valence-corrected chi connectivity index (χ3v) is 2.75. The van der Waals surface area contributed by atoms with Crippen molar-refractivity contribution in [3.8, 4) is 0 Å². The standard InChI is InChI=1S/C13H29NO2/c1-3-4-5-6-7-8-9-14(2)10-12-16-13-11-15/h15H,3-13H2,1-2H3. The van der Waals surface area contributed by atoms with Crippen molar-refractivity contribution in [2.24, 2.45) is 0 Å². The lowest BCUT2D eigenvalue weighted by atomic mass is 10.1. The van der Waals surface area contributed by atoms with Crippen molar-refractivity contribution in [3.05, 3.63) is 0 Å². The van der Waals surface area contributed by atoms with Gasteiger partial charge in [-0.05, 0) is 20.0 Å². The van der Waals surface area contributed by atoms with Gasteiger partial charge in [-0.25, -0.2) is 0 Å². The van der Waals surface area contributed by atoms with Crippen LogP contribution < -0.4 is 0 Å². The molecule has 0 aromatic carbocycles. The highest BCUT2D eigenvalue weighted by Crippen LogP contribution is 2.05. The SMILES string of the molecule is CCCCCCCCN(C)CCOCCO. The number of hydrogen-bond acceptors (Lipinski definition) is 3. The van der Waals surface area contributed by atoms with Gasteiger partial charge in [-0.2, -0.15) is 0 Å². The van der Waals surface area contributed by atoms with Crippen LogP contribution >= 0.6 is 0 Å². The topological polar surface area (TPSA) is 32.7 Å². The summed E-state index contributed by atoms with van der Waals surface area (Å²) in [5, 5.41) is 8.54. The lowest BCUT2D eigenvalue weighted by Crippen LogP contribution is -2.24. The van der Waals surface area contributed by atoms with Crippen molar-refractivity contribution >= 4 is 0 Å². The van der Waals surface area contributed by atoms with Crippen molar-refractivity contribution < 1.29 is 9.84 Å². The smallest absolute Gasteiger partial charge is 0.0698 e. The number of ether oxygens (including phenoxy) is 1. The van der Waals surface area contributed by atoms with Crippen LogP contribution in [0.2, 0.25) is 0 Å². The highest BCUT2D eigenvalue weighted by molar-refractivity contribution is 4.52. The molecule has 0 heterocycles. The molecule has 0 aliphatic carbocycles. The van der Waals surface area contributed by atoms with Gasteiger partial charge in [0.05, 0.1) is 19.8 Å². The lowest BCUT2D eigenvalue weighted by Gasteiger charge is -2.16. The van der Waals surface area contributed by atoms with Gasteiger partial charge in [0.2, 0.25) is 0 Å². The molecule has 98 valence electrons. The fourth-order valence-corrected chi connectivity index (χ4v) is 1.66. The van der Waals surface area contributed by atoms with Crippen LogP contribution in [0, 0.1) is 0 Å². The van der Waals surface area contributed by atoms with E-state index in [4.69, 9.17) is 9.84 Å². The van der Waals surface area contributed by atoms with Gasteiger partial charge < -0.3 is 14.7 Å². The molecule has 3 heteroatoms. The van der Waals surface area contributed by atoms with Crippen LogP contribution in [0.3, 0.4) is 0 Å². The van der Waals surface area contributed by atoms with Gasteiger partial charge in [-0.1, -0.05) is 39.0 Å². The zero-order valence-corrected chi connectivity index (χ0v) is 11.1. The number of rotatable bonds is 12. The zero-order valence-electron chi connectivity index (χ0n) is 11.1. The van der Waals surface area contributed by atoms with Gasteiger partial charge in [0.15, 0.2) is 0 Å². The molecule has 0 atom stereocenters. The highest BCUT2D eigenvalue weighted by Gasteiger charge is 1.98. The number of aliphatic hydroxyl groups excluding tert-OH is 1. The third-order valence-electron chi connectivity index (χ3n) is 2.75. The minimum absolute atomic E-state index is 0.126. The molecule has 0 saturated heterocycles. The van der Waals surface area contributed by atoms with Gasteiger partial charge in [-0.15, -0.1) is 0 Å². The average molecular weight is 231 g/mol. The van der Waals surface area contributed by atoms with Crippen LogP contribution in [0.1, 0.15) is 45.4 Å². The normalized spacial score (nSPS) is 11.2. The van der Waals surface area contributed by atoms with E-state index < -0.39 is 0 Å². The summed E-state index contributed by atoms with van der Waals surface area (Å²) >= 11 is 0. The summed E-state index contributed by atoms with van der Waals surface area (Å²) in [6.07, 6.45) is 8.11. The fourth-order valence-electron chi connectivity index (χ4n) is 1.66. The Hall–Kier alpha value is -0.120. The maximum atomic E-state index is 8.54. The summed E-state index contributed by atoms with van der Waals surface area (Å²) in [4.78, 5) is 2.30. The van der Waals surface area contributed by atoms with E-state index in [1.54, 1.807) is 0 Å². The molecule has 1 N–H and O–H groups in total. The molecule has 0 saturated carbocycles. The Morgan fingerprint density at radius 3 is 2.31 bits per heavy atom. The molecule has 16 heavy (non-hydrogen) atoms. The average Bonchev–Trinajstić information content (AvgIpc) is 2.29. The highest BCUT2D eigenvalue weighted by atomic mass is 16.5. The second-order valence-electron chi connectivity index (χ2n) is 4.41. The maximum absolute atomic E-state index is 8.54. The van der Waals surface area contributed by atoms with Crippen LogP contribution in [0.15, 0.2) is 0 Å². The van der Waals surface area contributed by atoms with Crippen LogP contribution in [0.5, 0.6) is 0 Å². The van der Waals surface area contributed by atoms with E-state index in [1.807, 2.05) is 0 Å². The van der Waals surface area contributed by atoms with Crippen molar-refractivity contribution in [1.29, 1.82) is 0 Å². The number of nitrogens with zero attached hydrogens (tertiary/aromatic N) is 1. The molecule has 0 aliphatic rings. The Morgan fingerprint density at radius 1 is 0.938 bits per heavy atom. The van der Waals surface area contributed by atoms with E-state index in [9.17, 15) is 0 Å². The van der Waals surface area contributed by atoms with Crippen molar-refractivity contribution in [1.82, 2.24) is 4.90 Å². The quantitative estimate of drug-likeness (QED) is 0.523. The Balaban J connectivity index is 3.08. The predicted octanol–water partition coefficient (Wildman–Crippen LogP) is 2.29. The number of likely N-dealkylation sites (N-methyl/N-ethyl adjacent to an activating group) is 1. The second-order valence-corrected chi connectivity index (χ2v) is 4.41. The number of aliphatic hydroxyl groups is 1. The molecule has 3 nitrogen and oxygen atoms in total. The van der Waals surface area contributed by atoms with Crippen LogP contribution in [-0.2, 0) is 4.74 Å². The first-order chi connectivity index (χ1) is 7.81. The van der Waals surface area contributed by atoms with E-state index >= 15 is 0 Å². The zero-order chi connectivity index (χ0) is 12.1. The largest absolute Gasteiger partial charge is 0.394 e. The Bertz CT molecular complexity index is 131. The number of unbranched alkanes of at least 4 members (excludes halogenated alkanes) is 5. The summed E-state index contributed by atoms with van der Waals surface area (Å²) in [6.45, 7) is 5.70. The molecule has 0 bridgehead atoms. The van der Waals surface area contributed by atoms with Gasteiger partial charge >= 0.3 is 0 Å². The Kier molecular flexibility index (Phi) is 12.9. The minimum atomic E-state index is 0.126. The fraction of sp³-hybridized carbons (Fsp3) is 1.00.